The van der Waals surface area contributed by atoms with Crippen molar-refractivity contribution in [3.05, 3.63) is 23.9 Å². The van der Waals surface area contributed by atoms with Crippen molar-refractivity contribution in [1.29, 1.82) is 0 Å². The molecule has 1 aromatic rings. The quantitative estimate of drug-likeness (QED) is 0.735. The van der Waals surface area contributed by atoms with E-state index in [1.807, 2.05) is 6.07 Å². The zero-order valence-electron chi connectivity index (χ0n) is 14.3. The average molecular weight is 292 g/mol. The van der Waals surface area contributed by atoms with Gasteiger partial charge in [0.2, 0.25) is 0 Å². The van der Waals surface area contributed by atoms with Gasteiger partial charge in [-0.05, 0) is 58.0 Å². The van der Waals surface area contributed by atoms with Crippen molar-refractivity contribution in [2.24, 2.45) is 0 Å². The standard InChI is InChI=1S/C17H32N4/c1-6-11-19-15(17(4,5)21(7-2)8-3)13-14-10-9-12-20-16(14)18/h9-10,12,15,19H,6-8,11,13H2,1-5H3,(H2,18,20). The first-order valence-corrected chi connectivity index (χ1v) is 8.15. The highest BCUT2D eigenvalue weighted by molar-refractivity contribution is 5.39. The molecular formula is C17H32N4. The van der Waals surface area contributed by atoms with E-state index in [0.717, 1.165) is 38.0 Å². The predicted octanol–water partition coefficient (Wildman–Crippen LogP) is 2.69. The van der Waals surface area contributed by atoms with E-state index in [9.17, 15) is 0 Å². The molecule has 21 heavy (non-hydrogen) atoms. The van der Waals surface area contributed by atoms with Crippen molar-refractivity contribution in [3.8, 4) is 0 Å². The molecule has 0 radical (unpaired) electrons. The number of hydrogen-bond acceptors (Lipinski definition) is 4. The minimum atomic E-state index is 0.0704. The van der Waals surface area contributed by atoms with Gasteiger partial charge in [0.05, 0.1) is 0 Å². The van der Waals surface area contributed by atoms with Crippen LogP contribution in [0, 0.1) is 0 Å². The van der Waals surface area contributed by atoms with Gasteiger partial charge >= 0.3 is 0 Å². The van der Waals surface area contributed by atoms with Crippen LogP contribution >= 0.6 is 0 Å². The summed E-state index contributed by atoms with van der Waals surface area (Å²) in [4.78, 5) is 6.72. The van der Waals surface area contributed by atoms with Crippen LogP contribution in [0.15, 0.2) is 18.3 Å². The number of nitrogens with two attached hydrogens (primary N) is 1. The fourth-order valence-electron chi connectivity index (χ4n) is 2.99. The maximum absolute atomic E-state index is 6.03. The van der Waals surface area contributed by atoms with Crippen LogP contribution in [0.2, 0.25) is 0 Å². The molecule has 0 aliphatic rings. The van der Waals surface area contributed by atoms with Crippen LogP contribution < -0.4 is 11.1 Å². The average Bonchev–Trinajstić information content (AvgIpc) is 2.46. The highest BCUT2D eigenvalue weighted by atomic mass is 15.2. The second-order valence-corrected chi connectivity index (χ2v) is 6.08. The number of anilines is 1. The van der Waals surface area contributed by atoms with Gasteiger partial charge < -0.3 is 11.1 Å². The van der Waals surface area contributed by atoms with Gasteiger partial charge in [0.1, 0.15) is 5.82 Å². The third-order valence-corrected chi connectivity index (χ3v) is 4.42. The SMILES string of the molecule is CCCNC(Cc1cccnc1N)C(C)(C)N(CC)CC. The lowest BCUT2D eigenvalue weighted by atomic mass is 9.87. The highest BCUT2D eigenvalue weighted by Gasteiger charge is 2.33. The number of rotatable bonds is 9. The molecule has 0 spiro atoms. The Morgan fingerprint density at radius 3 is 2.48 bits per heavy atom. The summed E-state index contributed by atoms with van der Waals surface area (Å²) in [6, 6.07) is 4.40. The lowest BCUT2D eigenvalue weighted by molar-refractivity contribution is 0.0912. The normalized spacial score (nSPS) is 13.6. The molecule has 1 heterocycles. The minimum absolute atomic E-state index is 0.0704. The number of nitrogen functional groups attached to an aromatic ring is 1. The van der Waals surface area contributed by atoms with E-state index in [1.165, 1.54) is 0 Å². The number of nitrogens with zero attached hydrogens (tertiary/aromatic N) is 2. The van der Waals surface area contributed by atoms with Crippen molar-refractivity contribution in [1.82, 2.24) is 15.2 Å². The second-order valence-electron chi connectivity index (χ2n) is 6.08. The van der Waals surface area contributed by atoms with Gasteiger partial charge in [-0.25, -0.2) is 4.98 Å². The first-order valence-electron chi connectivity index (χ1n) is 8.15. The molecule has 1 atom stereocenters. The molecule has 1 aromatic heterocycles. The van der Waals surface area contributed by atoms with Crippen molar-refractivity contribution in [2.45, 2.75) is 59.0 Å². The number of nitrogens with one attached hydrogen (secondary N) is 1. The highest BCUT2D eigenvalue weighted by Crippen LogP contribution is 2.23. The number of aromatic nitrogens is 1. The molecule has 3 N–H and O–H groups in total. The van der Waals surface area contributed by atoms with Gasteiger partial charge in [-0.1, -0.05) is 26.8 Å². The molecule has 4 heteroatoms. The Balaban J connectivity index is 2.96. The molecule has 0 aliphatic carbocycles. The summed E-state index contributed by atoms with van der Waals surface area (Å²) in [5.74, 6) is 0.649. The van der Waals surface area contributed by atoms with Crippen LogP contribution in [-0.2, 0) is 6.42 Å². The van der Waals surface area contributed by atoms with Crippen LogP contribution in [0.3, 0.4) is 0 Å². The largest absolute Gasteiger partial charge is 0.383 e. The maximum atomic E-state index is 6.03. The molecule has 1 rings (SSSR count). The molecule has 0 bridgehead atoms. The van der Waals surface area contributed by atoms with E-state index < -0.39 is 0 Å². The van der Waals surface area contributed by atoms with Gasteiger partial charge in [-0.15, -0.1) is 0 Å². The van der Waals surface area contributed by atoms with Crippen molar-refractivity contribution in [3.63, 3.8) is 0 Å². The lowest BCUT2D eigenvalue weighted by Gasteiger charge is -2.44. The van der Waals surface area contributed by atoms with Crippen LogP contribution in [0.1, 0.15) is 46.6 Å². The van der Waals surface area contributed by atoms with Crippen molar-refractivity contribution < 1.29 is 0 Å². The van der Waals surface area contributed by atoms with E-state index in [4.69, 9.17) is 5.73 Å². The molecule has 120 valence electrons. The van der Waals surface area contributed by atoms with E-state index >= 15 is 0 Å². The smallest absolute Gasteiger partial charge is 0.126 e. The summed E-state index contributed by atoms with van der Waals surface area (Å²) in [7, 11) is 0. The number of likely N-dealkylation sites (N-methyl/N-ethyl adjacent to an activating group) is 1. The lowest BCUT2D eigenvalue weighted by Crippen LogP contribution is -2.58. The Labute approximate surface area is 130 Å². The van der Waals surface area contributed by atoms with Gasteiger partial charge in [0, 0.05) is 17.8 Å². The van der Waals surface area contributed by atoms with Gasteiger partial charge in [-0.2, -0.15) is 0 Å². The van der Waals surface area contributed by atoms with Crippen molar-refractivity contribution >= 4 is 5.82 Å². The Kier molecular flexibility index (Phi) is 7.12. The molecule has 0 amide bonds. The second kappa shape index (κ2) is 8.35. The summed E-state index contributed by atoms with van der Waals surface area (Å²) in [5.41, 5.74) is 7.23. The summed E-state index contributed by atoms with van der Waals surface area (Å²) in [6.07, 6.45) is 3.79. The van der Waals surface area contributed by atoms with Crippen LogP contribution in [0.25, 0.3) is 0 Å². The van der Waals surface area contributed by atoms with Crippen LogP contribution in [0.5, 0.6) is 0 Å². The van der Waals surface area contributed by atoms with E-state index in [-0.39, 0.29) is 5.54 Å². The Morgan fingerprint density at radius 2 is 1.95 bits per heavy atom. The molecular weight excluding hydrogens is 260 g/mol. The zero-order chi connectivity index (χ0) is 15.9. The molecule has 4 nitrogen and oxygen atoms in total. The van der Waals surface area contributed by atoms with Gasteiger partial charge in [0.25, 0.3) is 0 Å². The van der Waals surface area contributed by atoms with Crippen LogP contribution in [0.4, 0.5) is 5.82 Å². The van der Waals surface area contributed by atoms with E-state index in [2.05, 4.69) is 55.9 Å². The fourth-order valence-corrected chi connectivity index (χ4v) is 2.99. The summed E-state index contributed by atoms with van der Waals surface area (Å²) in [6.45, 7) is 14.4. The Morgan fingerprint density at radius 1 is 1.29 bits per heavy atom. The van der Waals surface area contributed by atoms with E-state index in [1.54, 1.807) is 6.20 Å². The maximum Gasteiger partial charge on any atom is 0.126 e. The van der Waals surface area contributed by atoms with Crippen LogP contribution in [-0.4, -0.2) is 41.1 Å². The molecule has 0 aliphatic heterocycles. The van der Waals surface area contributed by atoms with Crippen molar-refractivity contribution in [2.75, 3.05) is 25.4 Å². The monoisotopic (exact) mass is 292 g/mol. The molecule has 0 fully saturated rings. The minimum Gasteiger partial charge on any atom is -0.383 e. The fraction of sp³-hybridized carbons (Fsp3) is 0.706. The first kappa shape index (κ1) is 17.9. The molecule has 0 saturated carbocycles. The number of hydrogen-bond donors (Lipinski definition) is 2. The summed E-state index contributed by atoms with van der Waals surface area (Å²) < 4.78 is 0. The van der Waals surface area contributed by atoms with Gasteiger partial charge in [-0.3, -0.25) is 4.90 Å². The number of pyridine rings is 1. The Bertz CT molecular complexity index is 413. The third kappa shape index (κ3) is 4.68. The molecule has 0 aromatic carbocycles. The zero-order valence-corrected chi connectivity index (χ0v) is 14.3. The molecule has 1 unspecified atom stereocenters. The first-order chi connectivity index (χ1) is 9.97. The Hall–Kier alpha value is -1.13. The summed E-state index contributed by atoms with van der Waals surface area (Å²) in [5, 5.41) is 3.71. The van der Waals surface area contributed by atoms with E-state index in [0.29, 0.717) is 11.9 Å². The third-order valence-electron chi connectivity index (χ3n) is 4.42. The predicted molar refractivity (Wildman–Crippen MR) is 91.4 cm³/mol. The van der Waals surface area contributed by atoms with Gasteiger partial charge in [0.15, 0.2) is 0 Å². The summed E-state index contributed by atoms with van der Waals surface area (Å²) >= 11 is 0. The topological polar surface area (TPSA) is 54.2 Å². The molecule has 0 saturated heterocycles.